The van der Waals surface area contributed by atoms with Crippen LogP contribution in [0.5, 0.6) is 0 Å². The van der Waals surface area contributed by atoms with Crippen LogP contribution in [0, 0.1) is 0 Å². The van der Waals surface area contributed by atoms with Crippen LogP contribution in [-0.4, -0.2) is 11.7 Å². The summed E-state index contributed by atoms with van der Waals surface area (Å²) in [6.45, 7) is 4.68. The minimum Gasteiger partial charge on any atom is -0.394 e. The molecule has 0 heterocycles. The molecule has 0 amide bonds. The highest BCUT2D eigenvalue weighted by Crippen LogP contribution is 2.45. The average Bonchev–Trinajstić information content (AvgIpc) is 2.52. The predicted molar refractivity (Wildman–Crippen MR) is 87.5 cm³/mol. The normalized spacial score (nSPS) is 23.4. The third kappa shape index (κ3) is 2.44. The predicted octanol–water partition coefficient (Wildman–Crippen LogP) is 4.06. The highest BCUT2D eigenvalue weighted by atomic mass is 16.3. The van der Waals surface area contributed by atoms with Crippen molar-refractivity contribution < 1.29 is 5.11 Å². The maximum Gasteiger partial charge on any atom is 0.0859 e. The van der Waals surface area contributed by atoms with Gasteiger partial charge in [-0.2, -0.15) is 0 Å². The number of nitrogens with one attached hydrogen (secondary N) is 1. The molecule has 110 valence electrons. The van der Waals surface area contributed by atoms with Crippen molar-refractivity contribution in [3.8, 4) is 0 Å². The first kappa shape index (κ1) is 14.2. The maximum absolute atomic E-state index is 10.2. The summed E-state index contributed by atoms with van der Waals surface area (Å²) in [6, 6.07) is 18.7. The number of anilines is 1. The van der Waals surface area contributed by atoms with Crippen molar-refractivity contribution >= 4 is 5.69 Å². The van der Waals surface area contributed by atoms with Crippen molar-refractivity contribution in [1.29, 1.82) is 0 Å². The van der Waals surface area contributed by atoms with Crippen molar-refractivity contribution in [1.82, 2.24) is 0 Å². The van der Waals surface area contributed by atoms with E-state index in [9.17, 15) is 5.11 Å². The first-order chi connectivity index (χ1) is 10.1. The second-order valence-corrected chi connectivity index (χ2v) is 6.66. The van der Waals surface area contributed by atoms with Gasteiger partial charge in [-0.15, -0.1) is 0 Å². The van der Waals surface area contributed by atoms with E-state index in [-0.39, 0.29) is 17.6 Å². The Morgan fingerprint density at radius 3 is 2.19 bits per heavy atom. The number of fused-ring (bicyclic) bond motifs is 1. The molecule has 1 unspecified atom stereocenters. The lowest BCUT2D eigenvalue weighted by atomic mass is 9.65. The number of hydrogen-bond acceptors (Lipinski definition) is 2. The zero-order valence-electron chi connectivity index (χ0n) is 12.8. The molecule has 0 fully saturated rings. The highest BCUT2D eigenvalue weighted by Gasteiger charge is 2.42. The second kappa shape index (κ2) is 5.19. The monoisotopic (exact) mass is 281 g/mol. The van der Waals surface area contributed by atoms with Gasteiger partial charge in [-0.3, -0.25) is 0 Å². The van der Waals surface area contributed by atoms with Gasteiger partial charge in [0.25, 0.3) is 0 Å². The van der Waals surface area contributed by atoms with Gasteiger partial charge in [0.2, 0.25) is 0 Å². The summed E-state index contributed by atoms with van der Waals surface area (Å²) in [6.07, 6.45) is 1.99. The van der Waals surface area contributed by atoms with Crippen LogP contribution in [0.15, 0.2) is 54.6 Å². The number of benzene rings is 2. The van der Waals surface area contributed by atoms with Gasteiger partial charge < -0.3 is 10.4 Å². The fourth-order valence-electron chi connectivity index (χ4n) is 3.42. The number of aliphatic hydroxyl groups excluding tert-OH is 1. The molecule has 2 nitrogen and oxygen atoms in total. The first-order valence-corrected chi connectivity index (χ1v) is 7.61. The molecule has 1 aliphatic carbocycles. The van der Waals surface area contributed by atoms with Gasteiger partial charge in [-0.1, -0.05) is 56.3 Å². The number of para-hydroxylation sites is 1. The van der Waals surface area contributed by atoms with Gasteiger partial charge in [0.05, 0.1) is 12.1 Å². The van der Waals surface area contributed by atoms with Gasteiger partial charge in [-0.25, -0.2) is 0 Å². The van der Waals surface area contributed by atoms with E-state index in [4.69, 9.17) is 0 Å². The van der Waals surface area contributed by atoms with Crippen molar-refractivity contribution in [3.05, 3.63) is 65.7 Å². The summed E-state index contributed by atoms with van der Waals surface area (Å²) in [5.41, 5.74) is 3.41. The lowest BCUT2D eigenvalue weighted by Crippen LogP contribution is -2.46. The Bertz CT molecular complexity index is 620. The standard InChI is InChI=1S/C19H23NO/c1-18(2)12-13-19(14-21,17-11-7-6-10-16(17)18)20-15-8-4-3-5-9-15/h3-11,20-21H,12-14H2,1-2H3. The molecular weight excluding hydrogens is 258 g/mol. The van der Waals surface area contributed by atoms with E-state index < -0.39 is 0 Å². The molecule has 3 rings (SSSR count). The Hall–Kier alpha value is -1.80. The molecule has 0 aromatic heterocycles. The maximum atomic E-state index is 10.2. The van der Waals surface area contributed by atoms with Crippen LogP contribution in [0.3, 0.4) is 0 Å². The number of hydrogen-bond donors (Lipinski definition) is 2. The molecule has 2 N–H and O–H groups in total. The van der Waals surface area contributed by atoms with Gasteiger partial charge in [0, 0.05) is 5.69 Å². The van der Waals surface area contributed by atoms with E-state index in [0.29, 0.717) is 0 Å². The fourth-order valence-corrected chi connectivity index (χ4v) is 3.42. The van der Waals surface area contributed by atoms with Gasteiger partial charge in [0.1, 0.15) is 0 Å². The van der Waals surface area contributed by atoms with E-state index in [2.05, 4.69) is 55.6 Å². The molecule has 2 heteroatoms. The SMILES string of the molecule is CC1(C)CCC(CO)(Nc2ccccc2)c2ccccc21. The largest absolute Gasteiger partial charge is 0.394 e. The molecule has 0 aliphatic heterocycles. The second-order valence-electron chi connectivity index (χ2n) is 6.66. The van der Waals surface area contributed by atoms with Crippen molar-refractivity contribution in [3.63, 3.8) is 0 Å². The van der Waals surface area contributed by atoms with Gasteiger partial charge in [-0.05, 0) is 41.5 Å². The Kier molecular flexibility index (Phi) is 3.50. The lowest BCUT2D eigenvalue weighted by molar-refractivity contribution is 0.179. The quantitative estimate of drug-likeness (QED) is 0.889. The molecule has 0 spiro atoms. The summed E-state index contributed by atoms with van der Waals surface area (Å²) >= 11 is 0. The van der Waals surface area contributed by atoms with Gasteiger partial charge in [0.15, 0.2) is 0 Å². The minimum absolute atomic E-state index is 0.106. The molecule has 0 saturated carbocycles. The molecule has 1 aliphatic rings. The summed E-state index contributed by atoms with van der Waals surface area (Å²) in [5.74, 6) is 0. The highest BCUT2D eigenvalue weighted by molar-refractivity contribution is 5.52. The molecule has 0 saturated heterocycles. The fraction of sp³-hybridized carbons (Fsp3) is 0.368. The number of rotatable bonds is 3. The molecule has 21 heavy (non-hydrogen) atoms. The molecule has 0 radical (unpaired) electrons. The van der Waals surface area contributed by atoms with E-state index in [0.717, 1.165) is 18.5 Å². The molecule has 2 aromatic rings. The molecule has 1 atom stereocenters. The molecule has 2 aromatic carbocycles. The van der Waals surface area contributed by atoms with Gasteiger partial charge >= 0.3 is 0 Å². The lowest BCUT2D eigenvalue weighted by Gasteiger charge is -2.45. The van der Waals surface area contributed by atoms with Crippen LogP contribution >= 0.6 is 0 Å². The Morgan fingerprint density at radius 1 is 0.905 bits per heavy atom. The minimum atomic E-state index is -0.381. The van der Waals surface area contributed by atoms with E-state index in [1.807, 2.05) is 18.2 Å². The summed E-state index contributed by atoms with van der Waals surface area (Å²) < 4.78 is 0. The molecule has 0 bridgehead atoms. The van der Waals surface area contributed by atoms with Crippen molar-refractivity contribution in [2.24, 2.45) is 0 Å². The summed E-state index contributed by atoms with van der Waals surface area (Å²) in [4.78, 5) is 0. The van der Waals surface area contributed by atoms with Crippen LogP contribution in [-0.2, 0) is 11.0 Å². The van der Waals surface area contributed by atoms with E-state index in [1.165, 1.54) is 11.1 Å². The van der Waals surface area contributed by atoms with Crippen LogP contribution in [0.2, 0.25) is 0 Å². The first-order valence-electron chi connectivity index (χ1n) is 7.61. The van der Waals surface area contributed by atoms with Crippen LogP contribution < -0.4 is 5.32 Å². The van der Waals surface area contributed by atoms with Crippen LogP contribution in [0.1, 0.15) is 37.8 Å². The van der Waals surface area contributed by atoms with Crippen molar-refractivity contribution in [2.45, 2.75) is 37.6 Å². The topological polar surface area (TPSA) is 32.3 Å². The zero-order chi connectivity index (χ0) is 14.9. The van der Waals surface area contributed by atoms with Crippen LogP contribution in [0.25, 0.3) is 0 Å². The van der Waals surface area contributed by atoms with Crippen LogP contribution in [0.4, 0.5) is 5.69 Å². The summed E-state index contributed by atoms with van der Waals surface area (Å²) in [7, 11) is 0. The third-order valence-corrected chi connectivity index (χ3v) is 4.78. The third-order valence-electron chi connectivity index (χ3n) is 4.78. The summed E-state index contributed by atoms with van der Waals surface area (Å²) in [5, 5.41) is 13.7. The Labute approximate surface area is 126 Å². The average molecular weight is 281 g/mol. The number of aliphatic hydroxyl groups is 1. The zero-order valence-corrected chi connectivity index (χ0v) is 12.8. The Morgan fingerprint density at radius 2 is 1.52 bits per heavy atom. The van der Waals surface area contributed by atoms with E-state index >= 15 is 0 Å². The van der Waals surface area contributed by atoms with Crippen molar-refractivity contribution in [2.75, 3.05) is 11.9 Å². The van der Waals surface area contributed by atoms with E-state index in [1.54, 1.807) is 0 Å². The molecular formula is C19H23NO. The Balaban J connectivity index is 2.07. The smallest absolute Gasteiger partial charge is 0.0859 e.